The highest BCUT2D eigenvalue weighted by Gasteiger charge is 2.54. The van der Waals surface area contributed by atoms with Crippen molar-refractivity contribution in [3.63, 3.8) is 0 Å². The minimum Gasteiger partial charge on any atom is -0.481 e. The lowest BCUT2D eigenvalue weighted by Crippen LogP contribution is -2.36. The normalized spacial score (nSPS) is 30.2. The Labute approximate surface area is 127 Å². The van der Waals surface area contributed by atoms with Crippen LogP contribution in [0.25, 0.3) is 0 Å². The van der Waals surface area contributed by atoms with Crippen molar-refractivity contribution in [2.24, 2.45) is 11.3 Å². The molecule has 3 heteroatoms. The second-order valence-corrected chi connectivity index (χ2v) is 6.76. The van der Waals surface area contributed by atoms with Crippen LogP contribution in [-0.2, 0) is 4.79 Å². The predicted octanol–water partition coefficient (Wildman–Crippen LogP) is 3.37. The van der Waals surface area contributed by atoms with E-state index in [2.05, 4.69) is 42.2 Å². The van der Waals surface area contributed by atoms with E-state index in [4.69, 9.17) is 0 Å². The maximum absolute atomic E-state index is 11.7. The van der Waals surface area contributed by atoms with Crippen molar-refractivity contribution >= 4 is 5.97 Å². The van der Waals surface area contributed by atoms with Crippen molar-refractivity contribution in [3.8, 4) is 0 Å². The summed E-state index contributed by atoms with van der Waals surface area (Å²) in [7, 11) is 0. The minimum atomic E-state index is -0.569. The number of rotatable bonds is 5. The van der Waals surface area contributed by atoms with Gasteiger partial charge in [-0.1, -0.05) is 43.7 Å². The molecule has 1 unspecified atom stereocenters. The Hall–Kier alpha value is -1.35. The molecule has 1 aromatic rings. The van der Waals surface area contributed by atoms with Crippen molar-refractivity contribution in [3.05, 3.63) is 35.9 Å². The molecular formula is C18H25NO2. The molecule has 2 aliphatic rings. The fraction of sp³-hybridized carbons (Fsp3) is 0.611. The fourth-order valence-corrected chi connectivity index (χ4v) is 4.39. The summed E-state index contributed by atoms with van der Waals surface area (Å²) < 4.78 is 0. The van der Waals surface area contributed by atoms with Crippen LogP contribution in [0, 0.1) is 11.3 Å². The smallest absolute Gasteiger partial charge is 0.311 e. The maximum atomic E-state index is 11.7. The molecule has 3 rings (SSSR count). The molecule has 0 spiro atoms. The van der Waals surface area contributed by atoms with Crippen LogP contribution in [0.1, 0.15) is 44.1 Å². The second-order valence-electron chi connectivity index (χ2n) is 6.76. The van der Waals surface area contributed by atoms with Crippen LogP contribution < -0.4 is 0 Å². The third-order valence-electron chi connectivity index (χ3n) is 5.61. The van der Waals surface area contributed by atoms with E-state index in [0.29, 0.717) is 11.8 Å². The number of carboxylic acid groups (broad SMARTS) is 1. The van der Waals surface area contributed by atoms with E-state index in [1.54, 1.807) is 0 Å². The van der Waals surface area contributed by atoms with E-state index in [0.717, 1.165) is 45.3 Å². The van der Waals surface area contributed by atoms with Gasteiger partial charge in [-0.2, -0.15) is 0 Å². The third kappa shape index (κ3) is 2.59. The van der Waals surface area contributed by atoms with Crippen LogP contribution in [-0.4, -0.2) is 35.6 Å². The van der Waals surface area contributed by atoms with Gasteiger partial charge in [-0.15, -0.1) is 0 Å². The van der Waals surface area contributed by atoms with Crippen molar-refractivity contribution in [2.45, 2.75) is 38.5 Å². The van der Waals surface area contributed by atoms with E-state index < -0.39 is 11.4 Å². The van der Waals surface area contributed by atoms with Gasteiger partial charge in [0, 0.05) is 19.6 Å². The van der Waals surface area contributed by atoms with Crippen molar-refractivity contribution < 1.29 is 9.90 Å². The first-order chi connectivity index (χ1) is 10.2. The molecule has 2 fully saturated rings. The van der Waals surface area contributed by atoms with E-state index in [9.17, 15) is 9.90 Å². The molecule has 1 saturated heterocycles. The van der Waals surface area contributed by atoms with Crippen LogP contribution in [0.3, 0.4) is 0 Å². The lowest BCUT2D eigenvalue weighted by molar-refractivity contribution is -0.149. The standard InChI is InChI=1S/C18H25NO2/c1-2-14(15-7-4-3-5-8-15)11-19-12-16-9-6-10-18(16,13-19)17(20)21/h3-5,7-8,14,16H,2,6,9-13H2,1H3,(H,20,21)/t14?,16-,18+/m0/s1. The highest BCUT2D eigenvalue weighted by Crippen LogP contribution is 2.49. The monoisotopic (exact) mass is 287 g/mol. The highest BCUT2D eigenvalue weighted by molar-refractivity contribution is 5.76. The Balaban J connectivity index is 1.70. The van der Waals surface area contributed by atoms with Gasteiger partial charge in [0.15, 0.2) is 0 Å². The summed E-state index contributed by atoms with van der Waals surface area (Å²) >= 11 is 0. The number of likely N-dealkylation sites (tertiary alicyclic amines) is 1. The predicted molar refractivity (Wildman–Crippen MR) is 83.3 cm³/mol. The molecular weight excluding hydrogens is 262 g/mol. The quantitative estimate of drug-likeness (QED) is 0.902. The summed E-state index contributed by atoms with van der Waals surface area (Å²) in [6.07, 6.45) is 4.14. The minimum absolute atomic E-state index is 0.364. The molecule has 0 radical (unpaired) electrons. The molecule has 21 heavy (non-hydrogen) atoms. The van der Waals surface area contributed by atoms with Crippen LogP contribution in [0.4, 0.5) is 0 Å². The zero-order valence-electron chi connectivity index (χ0n) is 12.8. The summed E-state index contributed by atoms with van der Waals surface area (Å²) in [5, 5.41) is 9.67. The number of aliphatic carboxylic acids is 1. The van der Waals surface area contributed by atoms with E-state index >= 15 is 0 Å². The fourth-order valence-electron chi connectivity index (χ4n) is 4.39. The van der Waals surface area contributed by atoms with E-state index in [1.165, 1.54) is 5.56 Å². The molecule has 0 bridgehead atoms. The van der Waals surface area contributed by atoms with Gasteiger partial charge in [0.05, 0.1) is 5.41 Å². The highest BCUT2D eigenvalue weighted by atomic mass is 16.4. The average molecular weight is 287 g/mol. The molecule has 1 heterocycles. The van der Waals surface area contributed by atoms with E-state index in [1.807, 2.05) is 0 Å². The summed E-state index contributed by atoms with van der Waals surface area (Å²) in [4.78, 5) is 14.2. The molecule has 1 N–H and O–H groups in total. The van der Waals surface area contributed by atoms with Crippen molar-refractivity contribution in [2.75, 3.05) is 19.6 Å². The van der Waals surface area contributed by atoms with Gasteiger partial charge in [0.25, 0.3) is 0 Å². The van der Waals surface area contributed by atoms with Gasteiger partial charge in [-0.05, 0) is 36.7 Å². The number of fused-ring (bicyclic) bond motifs is 1. The zero-order chi connectivity index (χ0) is 14.9. The van der Waals surface area contributed by atoms with Gasteiger partial charge in [-0.3, -0.25) is 4.79 Å². The number of carboxylic acids is 1. The first kappa shape index (κ1) is 14.6. The summed E-state index contributed by atoms with van der Waals surface area (Å²) in [6, 6.07) is 10.6. The largest absolute Gasteiger partial charge is 0.481 e. The molecule has 1 aliphatic carbocycles. The molecule has 0 aromatic heterocycles. The Bertz CT molecular complexity index is 501. The van der Waals surface area contributed by atoms with Crippen molar-refractivity contribution in [1.29, 1.82) is 0 Å². The zero-order valence-corrected chi connectivity index (χ0v) is 12.8. The molecule has 1 saturated carbocycles. The maximum Gasteiger partial charge on any atom is 0.311 e. The van der Waals surface area contributed by atoms with Crippen LogP contribution in [0.2, 0.25) is 0 Å². The molecule has 3 atom stereocenters. The van der Waals surface area contributed by atoms with Crippen LogP contribution in [0.15, 0.2) is 30.3 Å². The topological polar surface area (TPSA) is 40.5 Å². The number of hydrogen-bond donors (Lipinski definition) is 1. The van der Waals surface area contributed by atoms with Gasteiger partial charge in [-0.25, -0.2) is 0 Å². The molecule has 1 aromatic carbocycles. The summed E-state index contributed by atoms with van der Waals surface area (Å²) in [5.74, 6) is 0.305. The number of hydrogen-bond acceptors (Lipinski definition) is 2. The first-order valence-electron chi connectivity index (χ1n) is 8.16. The Morgan fingerprint density at radius 2 is 2.19 bits per heavy atom. The molecule has 0 amide bonds. The number of nitrogens with zero attached hydrogens (tertiary/aromatic N) is 1. The Morgan fingerprint density at radius 3 is 2.81 bits per heavy atom. The molecule has 3 nitrogen and oxygen atoms in total. The number of carbonyl (C=O) groups is 1. The van der Waals surface area contributed by atoms with Gasteiger partial charge < -0.3 is 10.0 Å². The summed E-state index contributed by atoms with van der Waals surface area (Å²) in [5.41, 5.74) is 0.927. The van der Waals surface area contributed by atoms with Gasteiger partial charge in [0.2, 0.25) is 0 Å². The lowest BCUT2D eigenvalue weighted by Gasteiger charge is -2.26. The lowest BCUT2D eigenvalue weighted by atomic mass is 9.81. The van der Waals surface area contributed by atoms with Crippen LogP contribution >= 0.6 is 0 Å². The third-order valence-corrected chi connectivity index (χ3v) is 5.61. The Kier molecular flexibility index (Phi) is 4.03. The SMILES string of the molecule is CCC(CN1C[C@@H]2CCC[C@@]2(C(=O)O)C1)c1ccccc1. The number of benzene rings is 1. The Morgan fingerprint density at radius 1 is 1.43 bits per heavy atom. The molecule has 1 aliphatic heterocycles. The first-order valence-corrected chi connectivity index (χ1v) is 8.16. The van der Waals surface area contributed by atoms with Crippen molar-refractivity contribution in [1.82, 2.24) is 4.90 Å². The summed E-state index contributed by atoms with van der Waals surface area (Å²) in [6.45, 7) is 4.93. The average Bonchev–Trinajstić information content (AvgIpc) is 3.03. The molecule has 114 valence electrons. The second kappa shape index (κ2) is 5.80. The van der Waals surface area contributed by atoms with E-state index in [-0.39, 0.29) is 0 Å². The van der Waals surface area contributed by atoms with Gasteiger partial charge >= 0.3 is 5.97 Å². The van der Waals surface area contributed by atoms with Crippen LogP contribution in [0.5, 0.6) is 0 Å². The van der Waals surface area contributed by atoms with Gasteiger partial charge in [0.1, 0.15) is 0 Å².